The predicted octanol–water partition coefficient (Wildman–Crippen LogP) is 3.82. The first-order chi connectivity index (χ1) is 13.5. The van der Waals surface area contributed by atoms with Crippen LogP contribution in [0.4, 0.5) is 21.0 Å². The molecule has 2 heterocycles. The molecule has 148 valence electrons. The average Bonchev–Trinajstić information content (AvgIpc) is 3.43. The zero-order valence-corrected chi connectivity index (χ0v) is 16.3. The van der Waals surface area contributed by atoms with Gasteiger partial charge in [-0.05, 0) is 44.4 Å². The number of nitrogens with zero attached hydrogens (tertiary/aromatic N) is 4. The highest BCUT2D eigenvalue weighted by Crippen LogP contribution is 2.40. The molecule has 1 aromatic heterocycles. The average molecular weight is 384 g/mol. The van der Waals surface area contributed by atoms with Crippen LogP contribution in [-0.4, -0.2) is 48.3 Å². The fraction of sp³-hybridized carbons (Fsp3) is 0.450. The third-order valence-corrected chi connectivity index (χ3v) is 5.13. The maximum atomic E-state index is 12.6. The van der Waals surface area contributed by atoms with Crippen molar-refractivity contribution in [3.8, 4) is 11.1 Å². The zero-order valence-electron chi connectivity index (χ0n) is 16.3. The summed E-state index contributed by atoms with van der Waals surface area (Å²) in [6, 6.07) is 5.94. The van der Waals surface area contributed by atoms with Crippen LogP contribution in [-0.2, 0) is 9.47 Å². The number of carbonyl (C=O) groups is 2. The number of rotatable bonds is 3. The molecular weight excluding hydrogens is 360 g/mol. The van der Waals surface area contributed by atoms with E-state index < -0.39 is 12.2 Å². The molecule has 8 nitrogen and oxygen atoms in total. The predicted molar refractivity (Wildman–Crippen MR) is 105 cm³/mol. The van der Waals surface area contributed by atoms with E-state index in [1.54, 1.807) is 16.7 Å². The molecule has 2 aliphatic rings. The molecule has 2 amide bonds. The molecule has 2 aromatic rings. The van der Waals surface area contributed by atoms with Gasteiger partial charge in [-0.15, -0.1) is 0 Å². The number of ether oxygens (including phenoxy) is 2. The molecule has 1 atom stereocenters. The van der Waals surface area contributed by atoms with Crippen LogP contribution in [0.5, 0.6) is 0 Å². The lowest BCUT2D eigenvalue weighted by atomic mass is 10.0. The number of hydrogen-bond donors (Lipinski definition) is 0. The van der Waals surface area contributed by atoms with Gasteiger partial charge in [-0.3, -0.25) is 14.5 Å². The van der Waals surface area contributed by atoms with Gasteiger partial charge in [0.2, 0.25) is 0 Å². The first kappa shape index (κ1) is 18.3. The lowest BCUT2D eigenvalue weighted by molar-refractivity contribution is 0.157. The van der Waals surface area contributed by atoms with E-state index in [4.69, 9.17) is 9.47 Å². The third-order valence-electron chi connectivity index (χ3n) is 5.13. The second-order valence-electron chi connectivity index (χ2n) is 7.14. The number of fused-ring (bicyclic) bond motifs is 1. The third kappa shape index (κ3) is 3.19. The van der Waals surface area contributed by atoms with Crippen molar-refractivity contribution in [3.05, 3.63) is 30.6 Å². The topological polar surface area (TPSA) is 76.9 Å². The molecule has 0 spiro atoms. The molecule has 1 aliphatic heterocycles. The van der Waals surface area contributed by atoms with Gasteiger partial charge in [0.25, 0.3) is 0 Å². The van der Waals surface area contributed by atoms with Gasteiger partial charge in [0.1, 0.15) is 0 Å². The van der Waals surface area contributed by atoms with E-state index in [0.717, 1.165) is 24.0 Å². The van der Waals surface area contributed by atoms with Crippen molar-refractivity contribution in [2.45, 2.75) is 38.8 Å². The van der Waals surface area contributed by atoms with E-state index in [9.17, 15) is 9.59 Å². The van der Waals surface area contributed by atoms with Crippen LogP contribution in [0.25, 0.3) is 11.1 Å². The number of hydrogen-bond acceptors (Lipinski definition) is 5. The van der Waals surface area contributed by atoms with Crippen molar-refractivity contribution in [3.63, 3.8) is 0 Å². The van der Waals surface area contributed by atoms with E-state index in [2.05, 4.69) is 5.10 Å². The molecule has 1 aromatic carbocycles. The van der Waals surface area contributed by atoms with E-state index >= 15 is 0 Å². The lowest BCUT2D eigenvalue weighted by Gasteiger charge is -2.39. The Morgan fingerprint density at radius 1 is 1.18 bits per heavy atom. The molecule has 1 saturated carbocycles. The van der Waals surface area contributed by atoms with Crippen LogP contribution in [0.2, 0.25) is 0 Å². The molecule has 4 rings (SSSR count). The van der Waals surface area contributed by atoms with Gasteiger partial charge in [-0.2, -0.15) is 5.10 Å². The van der Waals surface area contributed by atoms with Gasteiger partial charge in [0.15, 0.2) is 0 Å². The fourth-order valence-corrected chi connectivity index (χ4v) is 3.58. The Balaban J connectivity index is 1.76. The second kappa shape index (κ2) is 7.18. The van der Waals surface area contributed by atoms with Crippen molar-refractivity contribution < 1.29 is 19.1 Å². The molecule has 28 heavy (non-hydrogen) atoms. The summed E-state index contributed by atoms with van der Waals surface area (Å²) in [5.41, 5.74) is 3.15. The van der Waals surface area contributed by atoms with Crippen molar-refractivity contribution in [1.82, 2.24) is 9.78 Å². The number of anilines is 2. The van der Waals surface area contributed by atoms with Gasteiger partial charge in [0.05, 0.1) is 49.9 Å². The number of carbonyl (C=O) groups excluding carboxylic acids is 2. The molecule has 0 radical (unpaired) electrons. The lowest BCUT2D eigenvalue weighted by Crippen LogP contribution is -2.52. The first-order valence-electron chi connectivity index (χ1n) is 9.53. The molecule has 1 aliphatic carbocycles. The molecule has 0 saturated heterocycles. The van der Waals surface area contributed by atoms with Crippen LogP contribution >= 0.6 is 0 Å². The van der Waals surface area contributed by atoms with Crippen molar-refractivity contribution in [1.29, 1.82) is 0 Å². The first-order valence-corrected chi connectivity index (χ1v) is 9.53. The summed E-state index contributed by atoms with van der Waals surface area (Å²) in [4.78, 5) is 28.0. The largest absolute Gasteiger partial charge is 0.452 e. The second-order valence-corrected chi connectivity index (χ2v) is 7.14. The summed E-state index contributed by atoms with van der Waals surface area (Å²) in [5.74, 6) is 0. The van der Waals surface area contributed by atoms with Crippen molar-refractivity contribution >= 4 is 23.6 Å². The van der Waals surface area contributed by atoms with Crippen LogP contribution in [0.1, 0.15) is 32.7 Å². The van der Waals surface area contributed by atoms with E-state index in [1.807, 2.05) is 42.2 Å². The van der Waals surface area contributed by atoms with Gasteiger partial charge in [-0.1, -0.05) is 6.07 Å². The normalized spacial score (nSPS) is 18.6. The Hall–Kier alpha value is -3.03. The standard InChI is InChI=1S/C20H24N4O4/c1-4-28-19(25)22-11-13(2)24(20(26)27-3)17-8-5-14(9-18(17)22)15-10-21-23(12-15)16-6-7-16/h5,8-10,12-13,16H,4,6-7,11H2,1-3H3/t13-/m0/s1. The minimum absolute atomic E-state index is 0.243. The Morgan fingerprint density at radius 3 is 2.64 bits per heavy atom. The SMILES string of the molecule is CCOC(=O)N1C[C@H](C)N(C(=O)OC)c2ccc(-c3cnn(C4CC4)c3)cc21. The van der Waals surface area contributed by atoms with Gasteiger partial charge in [0, 0.05) is 11.8 Å². The van der Waals surface area contributed by atoms with E-state index in [-0.39, 0.29) is 12.6 Å². The minimum Gasteiger partial charge on any atom is -0.452 e. The van der Waals surface area contributed by atoms with Crippen LogP contribution in [0.3, 0.4) is 0 Å². The minimum atomic E-state index is -0.452. The molecule has 0 bridgehead atoms. The number of aromatic nitrogens is 2. The Bertz CT molecular complexity index is 905. The van der Waals surface area contributed by atoms with Crippen LogP contribution < -0.4 is 9.80 Å². The Morgan fingerprint density at radius 2 is 1.96 bits per heavy atom. The number of benzene rings is 1. The van der Waals surface area contributed by atoms with Crippen molar-refractivity contribution in [2.75, 3.05) is 30.1 Å². The summed E-state index contributed by atoms with van der Waals surface area (Å²) in [6.45, 7) is 4.26. The van der Waals surface area contributed by atoms with Gasteiger partial charge in [-0.25, -0.2) is 9.59 Å². The molecule has 0 unspecified atom stereocenters. The summed E-state index contributed by atoms with van der Waals surface area (Å²) < 4.78 is 12.2. The summed E-state index contributed by atoms with van der Waals surface area (Å²) in [5, 5.41) is 4.45. The van der Waals surface area contributed by atoms with E-state index in [1.165, 1.54) is 7.11 Å². The maximum absolute atomic E-state index is 12.6. The fourth-order valence-electron chi connectivity index (χ4n) is 3.58. The van der Waals surface area contributed by atoms with E-state index in [0.29, 0.717) is 24.0 Å². The highest BCUT2D eigenvalue weighted by molar-refractivity contribution is 6.01. The summed E-state index contributed by atoms with van der Waals surface area (Å²) in [6.07, 6.45) is 5.30. The smallest absolute Gasteiger partial charge is 0.414 e. The Labute approximate surface area is 163 Å². The quantitative estimate of drug-likeness (QED) is 0.804. The molecule has 0 N–H and O–H groups in total. The van der Waals surface area contributed by atoms with Crippen LogP contribution in [0.15, 0.2) is 30.6 Å². The highest BCUT2D eigenvalue weighted by Gasteiger charge is 2.36. The van der Waals surface area contributed by atoms with Gasteiger partial charge < -0.3 is 9.47 Å². The molecule has 1 fully saturated rings. The zero-order chi connectivity index (χ0) is 19.8. The highest BCUT2D eigenvalue weighted by atomic mass is 16.6. The molecule has 8 heteroatoms. The summed E-state index contributed by atoms with van der Waals surface area (Å²) >= 11 is 0. The maximum Gasteiger partial charge on any atom is 0.414 e. The molecular formula is C20H24N4O4. The number of methoxy groups -OCH3 is 1. The van der Waals surface area contributed by atoms with Gasteiger partial charge >= 0.3 is 12.2 Å². The Kier molecular flexibility index (Phi) is 4.70. The summed E-state index contributed by atoms with van der Waals surface area (Å²) in [7, 11) is 1.35. The number of amides is 2. The van der Waals surface area contributed by atoms with Crippen LogP contribution in [0, 0.1) is 0 Å². The van der Waals surface area contributed by atoms with Crippen molar-refractivity contribution in [2.24, 2.45) is 0 Å². The monoisotopic (exact) mass is 384 g/mol.